The van der Waals surface area contributed by atoms with Crippen molar-refractivity contribution in [3.8, 4) is 0 Å². The monoisotopic (exact) mass is 368 g/mol. The fraction of sp³-hybridized carbons (Fsp3) is 0.333. The molecule has 0 bridgehead atoms. The van der Waals surface area contributed by atoms with Gasteiger partial charge in [0.25, 0.3) is 0 Å². The van der Waals surface area contributed by atoms with Gasteiger partial charge in [-0.2, -0.15) is 0 Å². The first kappa shape index (κ1) is 14.8. The van der Waals surface area contributed by atoms with Crippen LogP contribution >= 0.6 is 27.5 Å². The second-order valence-corrected chi connectivity index (χ2v) is 6.46. The van der Waals surface area contributed by atoms with Crippen LogP contribution < -0.4 is 5.32 Å². The molecule has 1 aromatic heterocycles. The summed E-state index contributed by atoms with van der Waals surface area (Å²) in [5, 5.41) is 5.41. The summed E-state index contributed by atoms with van der Waals surface area (Å²) in [4.78, 5) is 16.3. The van der Waals surface area contributed by atoms with Crippen LogP contribution in [0.25, 0.3) is 10.8 Å². The number of ether oxygens (including phenoxy) is 1. The predicted octanol–water partition coefficient (Wildman–Crippen LogP) is 4.01. The number of halogens is 2. The van der Waals surface area contributed by atoms with Crippen LogP contribution in [0.1, 0.15) is 12.8 Å². The number of hydrogen-bond acceptors (Lipinski definition) is 3. The highest BCUT2D eigenvalue weighted by Crippen LogP contribution is 2.31. The van der Waals surface area contributed by atoms with Gasteiger partial charge in [-0.25, -0.2) is 4.98 Å². The van der Waals surface area contributed by atoms with E-state index in [0.717, 1.165) is 28.1 Å². The number of hydrogen-bond donors (Lipinski definition) is 1. The maximum absolute atomic E-state index is 12.1. The summed E-state index contributed by atoms with van der Waals surface area (Å²) in [5.41, 5.74) is 0. The van der Waals surface area contributed by atoms with Gasteiger partial charge in [0, 0.05) is 29.1 Å². The zero-order valence-electron chi connectivity index (χ0n) is 11.4. The molecule has 1 amide bonds. The number of benzene rings is 1. The minimum Gasteiger partial charge on any atom is -0.381 e. The zero-order valence-corrected chi connectivity index (χ0v) is 13.7. The number of rotatable bonds is 3. The minimum absolute atomic E-state index is 0.00294. The highest BCUT2D eigenvalue weighted by molar-refractivity contribution is 9.10. The van der Waals surface area contributed by atoms with Crippen LogP contribution in [0.5, 0.6) is 0 Å². The van der Waals surface area contributed by atoms with Crippen LogP contribution in [0.3, 0.4) is 0 Å². The van der Waals surface area contributed by atoms with Gasteiger partial charge in [-0.1, -0.05) is 11.6 Å². The second-order valence-electron chi connectivity index (χ2n) is 5.20. The van der Waals surface area contributed by atoms with E-state index in [-0.39, 0.29) is 17.9 Å². The van der Waals surface area contributed by atoms with Crippen LogP contribution in [0.2, 0.25) is 5.02 Å². The summed E-state index contributed by atoms with van der Waals surface area (Å²) in [6.45, 7) is 0. The van der Waals surface area contributed by atoms with Gasteiger partial charge in [-0.15, -0.1) is 0 Å². The lowest BCUT2D eigenvalue weighted by atomic mass is 9.81. The van der Waals surface area contributed by atoms with Crippen molar-refractivity contribution in [3.63, 3.8) is 0 Å². The van der Waals surface area contributed by atoms with Crippen molar-refractivity contribution in [1.82, 2.24) is 4.98 Å². The summed E-state index contributed by atoms with van der Waals surface area (Å²) < 4.78 is 6.01. The Bertz CT molecular complexity index is 701. The van der Waals surface area contributed by atoms with Crippen LogP contribution in [-0.2, 0) is 9.53 Å². The quantitative estimate of drug-likeness (QED) is 0.889. The Balaban J connectivity index is 1.75. The number of methoxy groups -OCH3 is 1. The third-order valence-corrected chi connectivity index (χ3v) is 5.01. The van der Waals surface area contributed by atoms with E-state index < -0.39 is 0 Å². The van der Waals surface area contributed by atoms with Crippen molar-refractivity contribution in [1.29, 1.82) is 0 Å². The third-order valence-electron chi connectivity index (χ3n) is 3.81. The van der Waals surface area contributed by atoms with E-state index in [1.807, 2.05) is 18.2 Å². The molecule has 110 valence electrons. The van der Waals surface area contributed by atoms with Gasteiger partial charge in [0.15, 0.2) is 0 Å². The molecule has 1 aliphatic rings. The molecule has 3 rings (SSSR count). The number of nitrogens with zero attached hydrogens (tertiary/aromatic N) is 1. The number of carbonyl (C=O) groups is 1. The van der Waals surface area contributed by atoms with E-state index in [4.69, 9.17) is 16.3 Å². The van der Waals surface area contributed by atoms with E-state index in [2.05, 4.69) is 26.2 Å². The molecule has 2 aromatic rings. The molecule has 0 radical (unpaired) electrons. The van der Waals surface area contributed by atoms with Crippen LogP contribution in [0, 0.1) is 5.92 Å². The molecule has 1 fully saturated rings. The van der Waals surface area contributed by atoms with Crippen molar-refractivity contribution in [2.24, 2.45) is 5.92 Å². The average molecular weight is 370 g/mol. The van der Waals surface area contributed by atoms with Crippen molar-refractivity contribution in [3.05, 3.63) is 33.9 Å². The lowest BCUT2D eigenvalue weighted by molar-refractivity contribution is -0.127. The molecule has 0 atom stereocenters. The van der Waals surface area contributed by atoms with Crippen molar-refractivity contribution < 1.29 is 9.53 Å². The van der Waals surface area contributed by atoms with Gasteiger partial charge in [-0.05, 0) is 52.4 Å². The summed E-state index contributed by atoms with van der Waals surface area (Å²) in [5.74, 6) is 0.579. The van der Waals surface area contributed by atoms with Gasteiger partial charge in [0.05, 0.1) is 11.1 Å². The van der Waals surface area contributed by atoms with E-state index in [9.17, 15) is 4.79 Å². The normalized spacial score (nSPS) is 21.1. The van der Waals surface area contributed by atoms with Crippen LogP contribution in [-0.4, -0.2) is 24.1 Å². The summed E-state index contributed by atoms with van der Waals surface area (Å²) in [7, 11) is 1.67. The fourth-order valence-electron chi connectivity index (χ4n) is 2.41. The standard InChI is InChI=1S/C15H14BrClN2O2/c1-21-11-2-9(3-11)15(20)19-14-6-8-4-12(16)13(17)5-10(8)7-18-14/h4-7,9,11H,2-3H2,1H3,(H,18,19,20). The van der Waals surface area contributed by atoms with Crippen LogP contribution in [0.15, 0.2) is 28.9 Å². The third kappa shape index (κ3) is 3.05. The van der Waals surface area contributed by atoms with E-state index in [1.165, 1.54) is 0 Å². The molecule has 1 aliphatic carbocycles. The number of nitrogens with one attached hydrogen (secondary N) is 1. The molecule has 0 unspecified atom stereocenters. The lowest BCUT2D eigenvalue weighted by Gasteiger charge is -2.32. The van der Waals surface area contributed by atoms with E-state index in [0.29, 0.717) is 10.8 Å². The molecule has 6 heteroatoms. The highest BCUT2D eigenvalue weighted by Gasteiger charge is 2.34. The van der Waals surface area contributed by atoms with Crippen LogP contribution in [0.4, 0.5) is 5.82 Å². The molecule has 1 N–H and O–H groups in total. The Morgan fingerprint density at radius 1 is 1.38 bits per heavy atom. The number of carbonyl (C=O) groups excluding carboxylic acids is 1. The van der Waals surface area contributed by atoms with Gasteiger partial charge >= 0.3 is 0 Å². The van der Waals surface area contributed by atoms with E-state index in [1.54, 1.807) is 13.3 Å². The minimum atomic E-state index is 0.00294. The van der Waals surface area contributed by atoms with E-state index >= 15 is 0 Å². The summed E-state index contributed by atoms with van der Waals surface area (Å²) in [6.07, 6.45) is 3.47. The van der Waals surface area contributed by atoms with Gasteiger partial charge < -0.3 is 10.1 Å². The number of fused-ring (bicyclic) bond motifs is 1. The lowest BCUT2D eigenvalue weighted by Crippen LogP contribution is -2.38. The molecule has 1 aromatic carbocycles. The van der Waals surface area contributed by atoms with Crippen molar-refractivity contribution in [2.75, 3.05) is 12.4 Å². The Morgan fingerprint density at radius 3 is 2.86 bits per heavy atom. The Kier molecular flexibility index (Phi) is 4.15. The first-order valence-electron chi connectivity index (χ1n) is 6.65. The van der Waals surface area contributed by atoms with Gasteiger partial charge in [0.1, 0.15) is 5.82 Å². The molecule has 0 spiro atoms. The van der Waals surface area contributed by atoms with Gasteiger partial charge in [-0.3, -0.25) is 4.79 Å². The highest BCUT2D eigenvalue weighted by atomic mass is 79.9. The predicted molar refractivity (Wildman–Crippen MR) is 86.6 cm³/mol. The largest absolute Gasteiger partial charge is 0.381 e. The van der Waals surface area contributed by atoms with Crippen molar-refractivity contribution in [2.45, 2.75) is 18.9 Å². The molecule has 0 saturated heterocycles. The smallest absolute Gasteiger partial charge is 0.228 e. The Hall–Kier alpha value is -1.17. The second kappa shape index (κ2) is 5.91. The summed E-state index contributed by atoms with van der Waals surface area (Å²) in [6, 6.07) is 5.61. The molecule has 1 saturated carbocycles. The molecule has 1 heterocycles. The molecule has 0 aliphatic heterocycles. The summed E-state index contributed by atoms with van der Waals surface area (Å²) >= 11 is 9.45. The number of amides is 1. The Morgan fingerprint density at radius 2 is 2.14 bits per heavy atom. The molecule has 21 heavy (non-hydrogen) atoms. The molecular weight excluding hydrogens is 356 g/mol. The fourth-order valence-corrected chi connectivity index (χ4v) is 2.94. The topological polar surface area (TPSA) is 51.2 Å². The first-order chi connectivity index (χ1) is 10.1. The molecule has 4 nitrogen and oxygen atoms in total. The zero-order chi connectivity index (χ0) is 15.0. The number of aromatic nitrogens is 1. The maximum atomic E-state index is 12.1. The number of anilines is 1. The number of pyridine rings is 1. The maximum Gasteiger partial charge on any atom is 0.228 e. The van der Waals surface area contributed by atoms with Gasteiger partial charge in [0.2, 0.25) is 5.91 Å². The molecular formula is C15H14BrClN2O2. The average Bonchev–Trinajstić information content (AvgIpc) is 2.39. The van der Waals surface area contributed by atoms with Crippen molar-refractivity contribution >= 4 is 50.0 Å². The first-order valence-corrected chi connectivity index (χ1v) is 7.82. The SMILES string of the molecule is COC1CC(C(=O)Nc2cc3cc(Br)c(Cl)cc3cn2)C1. The Labute approximate surface area is 136 Å².